The molecule has 1 amide bonds. The molecule has 0 fully saturated rings. The molecule has 1 aromatic heterocycles. The Morgan fingerprint density at radius 2 is 1.83 bits per heavy atom. The molecule has 1 aliphatic rings. The Balaban J connectivity index is 1.44. The lowest BCUT2D eigenvalue weighted by Crippen LogP contribution is -2.21. The molecule has 146 valence electrons. The Morgan fingerprint density at radius 3 is 2.59 bits per heavy atom. The highest BCUT2D eigenvalue weighted by Crippen LogP contribution is 2.39. The number of anilines is 2. The molecule has 3 aromatic carbocycles. The highest BCUT2D eigenvalue weighted by Gasteiger charge is 2.19. The van der Waals surface area contributed by atoms with E-state index in [1.165, 1.54) is 21.9 Å². The van der Waals surface area contributed by atoms with Crippen molar-refractivity contribution in [3.63, 3.8) is 0 Å². The highest BCUT2D eigenvalue weighted by molar-refractivity contribution is 7.22. The monoisotopic (exact) mass is 401 g/mol. The summed E-state index contributed by atoms with van der Waals surface area (Å²) in [6.45, 7) is 6.17. The zero-order valence-electron chi connectivity index (χ0n) is 16.7. The van der Waals surface area contributed by atoms with Gasteiger partial charge in [0.25, 0.3) is 5.91 Å². The molecule has 1 heterocycles. The van der Waals surface area contributed by atoms with Crippen molar-refractivity contribution in [1.29, 1.82) is 0 Å². The molecule has 4 nitrogen and oxygen atoms in total. The van der Waals surface area contributed by atoms with E-state index in [1.54, 1.807) is 11.3 Å². The van der Waals surface area contributed by atoms with Crippen LogP contribution in [0.2, 0.25) is 0 Å². The van der Waals surface area contributed by atoms with Crippen molar-refractivity contribution in [3.8, 4) is 0 Å². The largest absolute Gasteiger partial charge is 0.372 e. The Labute approximate surface area is 174 Å². The zero-order chi connectivity index (χ0) is 20.0. The van der Waals surface area contributed by atoms with Gasteiger partial charge in [0.05, 0.1) is 10.2 Å². The third-order valence-electron chi connectivity index (χ3n) is 5.83. The molecule has 0 saturated heterocycles. The van der Waals surface area contributed by atoms with Crippen LogP contribution in [0.4, 0.5) is 10.8 Å². The van der Waals surface area contributed by atoms with Gasteiger partial charge in [-0.1, -0.05) is 29.5 Å². The number of nitrogens with one attached hydrogen (secondary N) is 1. The number of carbonyl (C=O) groups is 1. The van der Waals surface area contributed by atoms with E-state index < -0.39 is 0 Å². The first-order valence-corrected chi connectivity index (χ1v) is 11.0. The first kappa shape index (κ1) is 18.1. The van der Waals surface area contributed by atoms with Gasteiger partial charge in [0.1, 0.15) is 0 Å². The van der Waals surface area contributed by atoms with E-state index in [2.05, 4.69) is 48.3 Å². The Kier molecular flexibility index (Phi) is 4.47. The van der Waals surface area contributed by atoms with Gasteiger partial charge in [-0.3, -0.25) is 10.1 Å². The third-order valence-corrected chi connectivity index (χ3v) is 6.75. The van der Waals surface area contributed by atoms with Crippen molar-refractivity contribution in [3.05, 3.63) is 65.2 Å². The van der Waals surface area contributed by atoms with Crippen LogP contribution in [0.5, 0.6) is 0 Å². The number of nitrogens with zero attached hydrogens (tertiary/aromatic N) is 2. The minimum atomic E-state index is -0.118. The fraction of sp³-hybridized carbons (Fsp3) is 0.250. The maximum absolute atomic E-state index is 12.7. The molecule has 1 N–H and O–H groups in total. The molecule has 0 aliphatic heterocycles. The summed E-state index contributed by atoms with van der Waals surface area (Å²) in [5.41, 5.74) is 5.58. The van der Waals surface area contributed by atoms with Crippen LogP contribution in [0.1, 0.15) is 35.3 Å². The first-order valence-electron chi connectivity index (χ1n) is 10.2. The number of hydrogen-bond donors (Lipinski definition) is 1. The Bertz CT molecular complexity index is 1220. The third kappa shape index (κ3) is 3.06. The molecule has 5 heteroatoms. The fourth-order valence-electron chi connectivity index (χ4n) is 4.34. The van der Waals surface area contributed by atoms with E-state index in [0.717, 1.165) is 41.8 Å². The van der Waals surface area contributed by atoms with Gasteiger partial charge in [-0.05, 0) is 73.5 Å². The van der Waals surface area contributed by atoms with Crippen molar-refractivity contribution in [2.75, 3.05) is 23.3 Å². The van der Waals surface area contributed by atoms with Crippen LogP contribution in [0, 0.1) is 0 Å². The average Bonchev–Trinajstić information content (AvgIpc) is 3.35. The second-order valence-electron chi connectivity index (χ2n) is 7.41. The number of hydrogen-bond acceptors (Lipinski definition) is 4. The summed E-state index contributed by atoms with van der Waals surface area (Å²) < 4.78 is 1.14. The summed E-state index contributed by atoms with van der Waals surface area (Å²) in [5, 5.41) is 6.21. The second kappa shape index (κ2) is 7.16. The molecule has 29 heavy (non-hydrogen) atoms. The lowest BCUT2D eigenvalue weighted by Gasteiger charge is -2.20. The van der Waals surface area contributed by atoms with Crippen molar-refractivity contribution < 1.29 is 4.79 Å². The van der Waals surface area contributed by atoms with Gasteiger partial charge < -0.3 is 4.90 Å². The molecule has 0 saturated carbocycles. The number of aryl methyl sites for hydroxylation is 2. The van der Waals surface area contributed by atoms with Crippen molar-refractivity contribution in [2.45, 2.75) is 26.7 Å². The molecule has 0 unspecified atom stereocenters. The van der Waals surface area contributed by atoms with Gasteiger partial charge in [-0.2, -0.15) is 0 Å². The molecule has 5 rings (SSSR count). The summed E-state index contributed by atoms with van der Waals surface area (Å²) in [4.78, 5) is 19.8. The number of thiazole rings is 1. The number of aromatic nitrogens is 1. The lowest BCUT2D eigenvalue weighted by molar-refractivity contribution is 0.102. The number of benzene rings is 3. The number of rotatable bonds is 5. The number of carbonyl (C=O) groups excluding carboxylic acids is 1. The van der Waals surface area contributed by atoms with Gasteiger partial charge >= 0.3 is 0 Å². The van der Waals surface area contributed by atoms with Crippen LogP contribution >= 0.6 is 11.3 Å². The van der Waals surface area contributed by atoms with Crippen LogP contribution in [-0.2, 0) is 12.8 Å². The lowest BCUT2D eigenvalue weighted by atomic mass is 10.0. The van der Waals surface area contributed by atoms with E-state index in [1.807, 2.05) is 24.3 Å². The molecule has 1 aliphatic carbocycles. The van der Waals surface area contributed by atoms with Gasteiger partial charge in [-0.15, -0.1) is 0 Å². The molecule has 0 atom stereocenters. The standard InChI is InChI=1S/C24H23N3OS/c1-3-27(4-2)18-12-10-16(11-13-18)23(28)26-24-25-22-19-7-5-6-15-8-9-17(21(15)19)14-20(22)29-24/h5-7,10-14H,3-4,8-9H2,1-2H3,(H,25,26,28). The van der Waals surface area contributed by atoms with Gasteiger partial charge in [0.15, 0.2) is 5.13 Å². The van der Waals surface area contributed by atoms with Crippen LogP contribution in [0.15, 0.2) is 48.5 Å². The number of amides is 1. The van der Waals surface area contributed by atoms with Gasteiger partial charge in [0, 0.05) is 29.7 Å². The molecular weight excluding hydrogens is 378 g/mol. The van der Waals surface area contributed by atoms with E-state index in [4.69, 9.17) is 4.98 Å². The predicted molar refractivity (Wildman–Crippen MR) is 122 cm³/mol. The average molecular weight is 402 g/mol. The smallest absolute Gasteiger partial charge is 0.257 e. The molecule has 0 radical (unpaired) electrons. The summed E-state index contributed by atoms with van der Waals surface area (Å²) in [7, 11) is 0. The highest BCUT2D eigenvalue weighted by atomic mass is 32.1. The van der Waals surface area contributed by atoms with Crippen LogP contribution in [-0.4, -0.2) is 24.0 Å². The van der Waals surface area contributed by atoms with E-state index >= 15 is 0 Å². The maximum atomic E-state index is 12.7. The van der Waals surface area contributed by atoms with E-state index in [-0.39, 0.29) is 5.91 Å². The van der Waals surface area contributed by atoms with E-state index in [0.29, 0.717) is 10.7 Å². The van der Waals surface area contributed by atoms with Crippen LogP contribution in [0.3, 0.4) is 0 Å². The molecule has 0 bridgehead atoms. The normalized spacial score (nSPS) is 12.6. The second-order valence-corrected chi connectivity index (χ2v) is 8.45. The van der Waals surface area contributed by atoms with E-state index in [9.17, 15) is 4.79 Å². The quantitative estimate of drug-likeness (QED) is 0.470. The van der Waals surface area contributed by atoms with Gasteiger partial charge in [0.2, 0.25) is 0 Å². The number of fused-ring (bicyclic) bond motifs is 2. The zero-order valence-corrected chi connectivity index (χ0v) is 17.5. The summed E-state index contributed by atoms with van der Waals surface area (Å²) in [6, 6.07) is 16.5. The van der Waals surface area contributed by atoms with Gasteiger partial charge in [-0.25, -0.2) is 4.98 Å². The molecule has 0 spiro atoms. The van der Waals surface area contributed by atoms with Crippen LogP contribution in [0.25, 0.3) is 21.0 Å². The van der Waals surface area contributed by atoms with Crippen molar-refractivity contribution >= 4 is 49.1 Å². The first-order chi connectivity index (χ1) is 14.2. The van der Waals surface area contributed by atoms with Crippen molar-refractivity contribution in [2.24, 2.45) is 0 Å². The minimum absolute atomic E-state index is 0.118. The fourth-order valence-corrected chi connectivity index (χ4v) is 5.28. The predicted octanol–water partition coefficient (Wildman–Crippen LogP) is 5.65. The Morgan fingerprint density at radius 1 is 1.07 bits per heavy atom. The minimum Gasteiger partial charge on any atom is -0.372 e. The van der Waals surface area contributed by atoms with Crippen LogP contribution < -0.4 is 10.2 Å². The molecule has 4 aromatic rings. The summed E-state index contributed by atoms with van der Waals surface area (Å²) in [6.07, 6.45) is 2.20. The Hall–Kier alpha value is -2.92. The molecular formula is C24H23N3OS. The topological polar surface area (TPSA) is 45.2 Å². The summed E-state index contributed by atoms with van der Waals surface area (Å²) >= 11 is 1.55. The SMILES string of the molecule is CCN(CC)c1ccc(C(=O)Nc2nc3c(cc4c5c(cccc53)CC4)s2)cc1. The summed E-state index contributed by atoms with van der Waals surface area (Å²) in [5.74, 6) is -0.118. The van der Waals surface area contributed by atoms with Crippen molar-refractivity contribution in [1.82, 2.24) is 4.98 Å². The maximum Gasteiger partial charge on any atom is 0.257 e.